The van der Waals surface area contributed by atoms with E-state index in [0.29, 0.717) is 24.5 Å². The van der Waals surface area contributed by atoms with E-state index in [4.69, 9.17) is 0 Å². The molecule has 3 N–H and O–H groups in total. The van der Waals surface area contributed by atoms with Gasteiger partial charge in [-0.25, -0.2) is 0 Å². The van der Waals surface area contributed by atoms with Crippen molar-refractivity contribution >= 4 is 11.8 Å². The van der Waals surface area contributed by atoms with Crippen molar-refractivity contribution in [3.8, 4) is 0 Å². The standard InChI is InChI=1S/C18H31N3O2/c1-12(19-18(23)13-5-3-2-4-6-13)9-17(22)21-16-10-14-7-8-15(11-16)20-14/h12-16,20H,2-11H2,1H3,(H,19,23)(H,21,22). The molecule has 0 aromatic carbocycles. The van der Waals surface area contributed by atoms with Gasteiger partial charge in [0, 0.05) is 36.5 Å². The number of rotatable bonds is 5. The van der Waals surface area contributed by atoms with Gasteiger partial charge in [-0.05, 0) is 45.4 Å². The van der Waals surface area contributed by atoms with Gasteiger partial charge < -0.3 is 16.0 Å². The molecule has 0 radical (unpaired) electrons. The van der Waals surface area contributed by atoms with Crippen molar-refractivity contribution in [1.29, 1.82) is 0 Å². The number of nitrogens with one attached hydrogen (secondary N) is 3. The van der Waals surface area contributed by atoms with Gasteiger partial charge in [0.15, 0.2) is 0 Å². The zero-order valence-electron chi connectivity index (χ0n) is 14.3. The monoisotopic (exact) mass is 321 g/mol. The molecule has 0 spiro atoms. The van der Waals surface area contributed by atoms with E-state index in [1.165, 1.54) is 19.3 Å². The van der Waals surface area contributed by atoms with Gasteiger partial charge in [0.05, 0.1) is 0 Å². The molecule has 5 heteroatoms. The second-order valence-electron chi connectivity index (χ2n) is 7.82. The molecule has 3 unspecified atom stereocenters. The zero-order chi connectivity index (χ0) is 16.2. The van der Waals surface area contributed by atoms with Crippen LogP contribution in [0.25, 0.3) is 0 Å². The van der Waals surface area contributed by atoms with E-state index < -0.39 is 0 Å². The van der Waals surface area contributed by atoms with Crippen LogP contribution in [0.1, 0.15) is 71.1 Å². The van der Waals surface area contributed by atoms with Gasteiger partial charge >= 0.3 is 0 Å². The van der Waals surface area contributed by atoms with Crippen molar-refractivity contribution in [2.24, 2.45) is 5.92 Å². The Morgan fingerprint density at radius 1 is 1.04 bits per heavy atom. The Hall–Kier alpha value is -1.10. The minimum atomic E-state index is -0.0807. The van der Waals surface area contributed by atoms with Gasteiger partial charge in [0.1, 0.15) is 0 Å². The van der Waals surface area contributed by atoms with E-state index in [1.807, 2.05) is 6.92 Å². The van der Waals surface area contributed by atoms with Gasteiger partial charge in [-0.2, -0.15) is 0 Å². The summed E-state index contributed by atoms with van der Waals surface area (Å²) in [6.07, 6.45) is 10.5. The van der Waals surface area contributed by atoms with Crippen molar-refractivity contribution in [2.75, 3.05) is 0 Å². The Bertz CT molecular complexity index is 422. The molecule has 2 saturated heterocycles. The molecule has 0 aromatic rings. The summed E-state index contributed by atoms with van der Waals surface area (Å²) in [5.41, 5.74) is 0. The third-order valence-electron chi connectivity index (χ3n) is 5.69. The van der Waals surface area contributed by atoms with Gasteiger partial charge in [0.25, 0.3) is 0 Å². The highest BCUT2D eigenvalue weighted by atomic mass is 16.2. The van der Waals surface area contributed by atoms with Crippen LogP contribution in [0.2, 0.25) is 0 Å². The topological polar surface area (TPSA) is 70.2 Å². The van der Waals surface area contributed by atoms with Crippen LogP contribution in [-0.2, 0) is 9.59 Å². The Labute approximate surface area is 139 Å². The second-order valence-corrected chi connectivity index (χ2v) is 7.82. The van der Waals surface area contributed by atoms with Crippen molar-refractivity contribution in [3.05, 3.63) is 0 Å². The molecule has 1 saturated carbocycles. The fourth-order valence-electron chi connectivity index (χ4n) is 4.52. The lowest BCUT2D eigenvalue weighted by molar-refractivity contribution is -0.127. The van der Waals surface area contributed by atoms with Gasteiger partial charge in [-0.1, -0.05) is 19.3 Å². The van der Waals surface area contributed by atoms with Gasteiger partial charge in [-0.15, -0.1) is 0 Å². The second kappa shape index (κ2) is 7.65. The molecule has 3 atom stereocenters. The summed E-state index contributed by atoms with van der Waals surface area (Å²) in [7, 11) is 0. The average Bonchev–Trinajstić information content (AvgIpc) is 2.86. The van der Waals surface area contributed by atoms with Gasteiger partial charge in [-0.3, -0.25) is 9.59 Å². The van der Waals surface area contributed by atoms with Crippen molar-refractivity contribution in [3.63, 3.8) is 0 Å². The van der Waals surface area contributed by atoms with E-state index >= 15 is 0 Å². The van der Waals surface area contributed by atoms with Gasteiger partial charge in [0.2, 0.25) is 11.8 Å². The minimum absolute atomic E-state index is 0.0766. The molecule has 3 fully saturated rings. The van der Waals surface area contributed by atoms with E-state index in [0.717, 1.165) is 38.5 Å². The maximum absolute atomic E-state index is 12.2. The van der Waals surface area contributed by atoms with Crippen LogP contribution in [0, 0.1) is 5.92 Å². The SMILES string of the molecule is CC(CC(=O)NC1CC2CCC(C1)N2)NC(=O)C1CCCCC1. The first-order valence-corrected chi connectivity index (χ1v) is 9.46. The summed E-state index contributed by atoms with van der Waals surface area (Å²) in [6, 6.07) is 1.40. The van der Waals surface area contributed by atoms with Crippen molar-refractivity contribution in [2.45, 2.75) is 95.3 Å². The highest BCUT2D eigenvalue weighted by Gasteiger charge is 2.34. The molecule has 2 heterocycles. The molecule has 2 aliphatic heterocycles. The highest BCUT2D eigenvalue weighted by molar-refractivity contribution is 5.81. The van der Waals surface area contributed by atoms with Crippen LogP contribution in [0.4, 0.5) is 0 Å². The highest BCUT2D eigenvalue weighted by Crippen LogP contribution is 2.27. The van der Waals surface area contributed by atoms with Crippen LogP contribution >= 0.6 is 0 Å². The minimum Gasteiger partial charge on any atom is -0.353 e. The molecule has 3 rings (SSSR count). The molecule has 2 bridgehead atoms. The van der Waals surface area contributed by atoms with Crippen molar-refractivity contribution < 1.29 is 9.59 Å². The number of piperidine rings is 1. The maximum atomic E-state index is 12.2. The van der Waals surface area contributed by atoms with Crippen LogP contribution < -0.4 is 16.0 Å². The predicted octanol–water partition coefficient (Wildman–Crippen LogP) is 1.86. The zero-order valence-corrected chi connectivity index (χ0v) is 14.3. The van der Waals surface area contributed by atoms with E-state index in [-0.39, 0.29) is 23.8 Å². The normalized spacial score (nSPS) is 32.3. The average molecular weight is 321 g/mol. The van der Waals surface area contributed by atoms with Crippen LogP contribution in [0.15, 0.2) is 0 Å². The molecule has 0 aromatic heterocycles. The largest absolute Gasteiger partial charge is 0.353 e. The van der Waals surface area contributed by atoms with E-state index in [9.17, 15) is 9.59 Å². The summed E-state index contributed by atoms with van der Waals surface area (Å²) in [4.78, 5) is 24.5. The third kappa shape index (κ3) is 4.69. The molecule has 23 heavy (non-hydrogen) atoms. The lowest BCUT2D eigenvalue weighted by Crippen LogP contribution is -2.49. The summed E-state index contributed by atoms with van der Waals surface area (Å²) in [6.45, 7) is 1.94. The fraction of sp³-hybridized carbons (Fsp3) is 0.889. The third-order valence-corrected chi connectivity index (χ3v) is 5.69. The Morgan fingerprint density at radius 3 is 2.35 bits per heavy atom. The van der Waals surface area contributed by atoms with Crippen LogP contribution in [0.5, 0.6) is 0 Å². The Morgan fingerprint density at radius 2 is 1.70 bits per heavy atom. The summed E-state index contributed by atoms with van der Waals surface area (Å²) in [5, 5.41) is 9.80. The first-order chi connectivity index (χ1) is 11.1. The summed E-state index contributed by atoms with van der Waals surface area (Å²) < 4.78 is 0. The number of hydrogen-bond donors (Lipinski definition) is 3. The molecular formula is C18H31N3O2. The Balaban J connectivity index is 1.38. The lowest BCUT2D eigenvalue weighted by atomic mass is 9.88. The smallest absolute Gasteiger partial charge is 0.223 e. The van der Waals surface area contributed by atoms with E-state index in [2.05, 4.69) is 16.0 Å². The Kier molecular flexibility index (Phi) is 5.57. The first kappa shape index (κ1) is 16.7. The predicted molar refractivity (Wildman–Crippen MR) is 89.9 cm³/mol. The fourth-order valence-corrected chi connectivity index (χ4v) is 4.52. The van der Waals surface area contributed by atoms with Crippen LogP contribution in [0.3, 0.4) is 0 Å². The summed E-state index contributed by atoms with van der Waals surface area (Å²) >= 11 is 0. The first-order valence-electron chi connectivity index (χ1n) is 9.46. The summed E-state index contributed by atoms with van der Waals surface area (Å²) in [5.74, 6) is 0.381. The molecule has 5 nitrogen and oxygen atoms in total. The van der Waals surface area contributed by atoms with Crippen LogP contribution in [-0.4, -0.2) is 36.0 Å². The number of carbonyl (C=O) groups is 2. The van der Waals surface area contributed by atoms with E-state index in [1.54, 1.807) is 0 Å². The quantitative estimate of drug-likeness (QED) is 0.724. The molecule has 3 aliphatic rings. The molecule has 2 amide bonds. The van der Waals surface area contributed by atoms with Crippen molar-refractivity contribution in [1.82, 2.24) is 16.0 Å². The molecule has 130 valence electrons. The number of carbonyl (C=O) groups excluding carboxylic acids is 2. The number of amides is 2. The maximum Gasteiger partial charge on any atom is 0.223 e. The molecule has 1 aliphatic carbocycles. The molecular weight excluding hydrogens is 290 g/mol. The number of hydrogen-bond acceptors (Lipinski definition) is 3. The number of fused-ring (bicyclic) bond motifs is 2. The lowest BCUT2D eigenvalue weighted by Gasteiger charge is -2.30.